The molecule has 6 heteroatoms. The van der Waals surface area contributed by atoms with Crippen molar-refractivity contribution >= 4 is 40.7 Å². The predicted molar refractivity (Wildman–Crippen MR) is 70.8 cm³/mol. The molecule has 1 unspecified atom stereocenters. The van der Waals surface area contributed by atoms with E-state index in [-0.39, 0.29) is 24.2 Å². The third kappa shape index (κ3) is 2.94. The number of rotatable bonds is 2. The Morgan fingerprint density at radius 3 is 2.89 bits per heavy atom. The second-order valence-corrected chi connectivity index (χ2v) is 4.92. The summed E-state index contributed by atoms with van der Waals surface area (Å²) >= 11 is 11.8. The van der Waals surface area contributed by atoms with Gasteiger partial charge in [-0.3, -0.25) is 9.59 Å². The van der Waals surface area contributed by atoms with Crippen LogP contribution in [0.1, 0.15) is 12.8 Å². The number of nitrogens with one attached hydrogen (secondary N) is 2. The molecular formula is C12H12Cl2N2O2. The smallest absolute Gasteiger partial charge is 0.228 e. The SMILES string of the molecule is O=C1CC(C(=O)Nc2cccc(Cl)c2Cl)CCN1. The molecule has 18 heavy (non-hydrogen) atoms. The van der Waals surface area contributed by atoms with Crippen molar-refractivity contribution in [2.75, 3.05) is 11.9 Å². The van der Waals surface area contributed by atoms with Gasteiger partial charge in [-0.25, -0.2) is 0 Å². The summed E-state index contributed by atoms with van der Waals surface area (Å²) in [5, 5.41) is 6.09. The highest BCUT2D eigenvalue weighted by atomic mass is 35.5. The highest BCUT2D eigenvalue weighted by Gasteiger charge is 2.25. The molecule has 1 heterocycles. The molecule has 1 aliphatic rings. The number of halogens is 2. The Bertz CT molecular complexity index is 491. The van der Waals surface area contributed by atoms with E-state index in [9.17, 15) is 9.59 Å². The van der Waals surface area contributed by atoms with Crippen LogP contribution in [0.4, 0.5) is 5.69 Å². The average Bonchev–Trinajstić information content (AvgIpc) is 2.35. The standard InChI is InChI=1S/C12H12Cl2N2O2/c13-8-2-1-3-9(11(8)14)16-12(18)7-4-5-15-10(17)6-7/h1-3,7H,4-6H2,(H,15,17)(H,16,18). The molecule has 1 saturated heterocycles. The Morgan fingerprint density at radius 2 is 2.17 bits per heavy atom. The van der Waals surface area contributed by atoms with Gasteiger partial charge in [0.2, 0.25) is 11.8 Å². The number of carbonyl (C=O) groups excluding carboxylic acids is 2. The van der Waals surface area contributed by atoms with E-state index in [0.717, 1.165) is 0 Å². The van der Waals surface area contributed by atoms with Crippen molar-refractivity contribution in [1.82, 2.24) is 5.32 Å². The first kappa shape index (κ1) is 13.2. The first-order chi connectivity index (χ1) is 8.58. The molecule has 0 radical (unpaired) electrons. The first-order valence-electron chi connectivity index (χ1n) is 5.59. The van der Waals surface area contributed by atoms with Crippen molar-refractivity contribution in [3.8, 4) is 0 Å². The fourth-order valence-corrected chi connectivity index (χ4v) is 2.19. The lowest BCUT2D eigenvalue weighted by molar-refractivity contribution is -0.129. The highest BCUT2D eigenvalue weighted by Crippen LogP contribution is 2.30. The molecule has 1 aromatic carbocycles. The Labute approximate surface area is 115 Å². The van der Waals surface area contributed by atoms with Crippen LogP contribution < -0.4 is 10.6 Å². The van der Waals surface area contributed by atoms with E-state index in [0.29, 0.717) is 28.7 Å². The zero-order valence-corrected chi connectivity index (χ0v) is 11.0. The molecule has 1 atom stereocenters. The Morgan fingerprint density at radius 1 is 1.39 bits per heavy atom. The van der Waals surface area contributed by atoms with Crippen LogP contribution in [-0.2, 0) is 9.59 Å². The zero-order chi connectivity index (χ0) is 13.1. The van der Waals surface area contributed by atoms with Crippen molar-refractivity contribution in [1.29, 1.82) is 0 Å². The van der Waals surface area contributed by atoms with E-state index < -0.39 is 0 Å². The van der Waals surface area contributed by atoms with Crippen molar-refractivity contribution in [3.05, 3.63) is 28.2 Å². The summed E-state index contributed by atoms with van der Waals surface area (Å²) in [6.45, 7) is 0.528. The minimum absolute atomic E-state index is 0.0985. The van der Waals surface area contributed by atoms with Gasteiger partial charge in [0, 0.05) is 18.9 Å². The number of amides is 2. The van der Waals surface area contributed by atoms with E-state index >= 15 is 0 Å². The summed E-state index contributed by atoms with van der Waals surface area (Å²) in [4.78, 5) is 23.2. The average molecular weight is 287 g/mol. The summed E-state index contributed by atoms with van der Waals surface area (Å²) in [5.41, 5.74) is 0.472. The maximum absolute atomic E-state index is 12.0. The lowest BCUT2D eigenvalue weighted by Gasteiger charge is -2.21. The van der Waals surface area contributed by atoms with Gasteiger partial charge in [-0.15, -0.1) is 0 Å². The lowest BCUT2D eigenvalue weighted by Crippen LogP contribution is -2.38. The minimum atomic E-state index is -0.311. The fraction of sp³-hybridized carbons (Fsp3) is 0.333. The largest absolute Gasteiger partial charge is 0.356 e. The molecule has 2 amide bonds. The van der Waals surface area contributed by atoms with Crippen molar-refractivity contribution in [2.45, 2.75) is 12.8 Å². The topological polar surface area (TPSA) is 58.2 Å². The van der Waals surface area contributed by atoms with E-state index in [2.05, 4.69) is 10.6 Å². The van der Waals surface area contributed by atoms with Crippen LogP contribution >= 0.6 is 23.2 Å². The fourth-order valence-electron chi connectivity index (χ4n) is 1.84. The number of benzene rings is 1. The van der Waals surface area contributed by atoms with Gasteiger partial charge in [0.1, 0.15) is 0 Å². The van der Waals surface area contributed by atoms with E-state index in [1.165, 1.54) is 0 Å². The summed E-state index contributed by atoms with van der Waals surface area (Å²) in [7, 11) is 0. The first-order valence-corrected chi connectivity index (χ1v) is 6.35. The number of hydrogen-bond acceptors (Lipinski definition) is 2. The summed E-state index contributed by atoms with van der Waals surface area (Å²) in [6.07, 6.45) is 0.847. The van der Waals surface area contributed by atoms with Crippen LogP contribution in [0.5, 0.6) is 0 Å². The van der Waals surface area contributed by atoms with Gasteiger partial charge in [-0.1, -0.05) is 29.3 Å². The van der Waals surface area contributed by atoms with Crippen molar-refractivity contribution < 1.29 is 9.59 Å². The Kier molecular flexibility index (Phi) is 4.09. The number of hydrogen-bond donors (Lipinski definition) is 2. The number of carbonyl (C=O) groups is 2. The summed E-state index contributed by atoms with van der Waals surface area (Å²) in [5.74, 6) is -0.610. The molecule has 0 aliphatic carbocycles. The van der Waals surface area contributed by atoms with E-state index in [4.69, 9.17) is 23.2 Å². The molecular weight excluding hydrogens is 275 g/mol. The zero-order valence-electron chi connectivity index (χ0n) is 9.50. The minimum Gasteiger partial charge on any atom is -0.356 e. The van der Waals surface area contributed by atoms with Crippen LogP contribution in [0.15, 0.2) is 18.2 Å². The van der Waals surface area contributed by atoms with Gasteiger partial charge in [0.05, 0.1) is 15.7 Å². The van der Waals surface area contributed by atoms with Crippen LogP contribution in [0.25, 0.3) is 0 Å². The van der Waals surface area contributed by atoms with Crippen LogP contribution in [0.2, 0.25) is 10.0 Å². The van der Waals surface area contributed by atoms with Crippen molar-refractivity contribution in [3.63, 3.8) is 0 Å². The molecule has 1 aliphatic heterocycles. The molecule has 2 N–H and O–H groups in total. The third-order valence-corrected chi connectivity index (χ3v) is 3.65. The highest BCUT2D eigenvalue weighted by molar-refractivity contribution is 6.44. The molecule has 0 aromatic heterocycles. The Hall–Kier alpha value is -1.26. The third-order valence-electron chi connectivity index (χ3n) is 2.83. The molecule has 0 spiro atoms. The molecule has 1 fully saturated rings. The summed E-state index contributed by atoms with van der Waals surface area (Å²) < 4.78 is 0. The summed E-state index contributed by atoms with van der Waals surface area (Å²) in [6, 6.07) is 5.03. The molecule has 96 valence electrons. The van der Waals surface area contributed by atoms with Gasteiger partial charge < -0.3 is 10.6 Å². The Balaban J connectivity index is 2.07. The number of anilines is 1. The van der Waals surface area contributed by atoms with Gasteiger partial charge in [-0.05, 0) is 18.6 Å². The monoisotopic (exact) mass is 286 g/mol. The molecule has 0 bridgehead atoms. The lowest BCUT2D eigenvalue weighted by atomic mass is 9.96. The molecule has 4 nitrogen and oxygen atoms in total. The maximum Gasteiger partial charge on any atom is 0.228 e. The van der Waals surface area contributed by atoms with Gasteiger partial charge in [-0.2, -0.15) is 0 Å². The second-order valence-electron chi connectivity index (χ2n) is 4.13. The normalized spacial score (nSPS) is 19.2. The quantitative estimate of drug-likeness (QED) is 0.877. The second kappa shape index (κ2) is 5.59. The van der Waals surface area contributed by atoms with Crippen LogP contribution in [-0.4, -0.2) is 18.4 Å². The molecule has 1 aromatic rings. The van der Waals surface area contributed by atoms with Crippen molar-refractivity contribution in [2.24, 2.45) is 5.92 Å². The molecule has 0 saturated carbocycles. The van der Waals surface area contributed by atoms with E-state index in [1.807, 2.05) is 0 Å². The van der Waals surface area contributed by atoms with Gasteiger partial charge in [0.25, 0.3) is 0 Å². The van der Waals surface area contributed by atoms with E-state index in [1.54, 1.807) is 18.2 Å². The molecule has 2 rings (SSSR count). The number of piperidine rings is 1. The van der Waals surface area contributed by atoms with Crippen LogP contribution in [0, 0.1) is 5.92 Å². The van der Waals surface area contributed by atoms with Crippen LogP contribution in [0.3, 0.4) is 0 Å². The predicted octanol–water partition coefficient (Wildman–Crippen LogP) is 2.46. The maximum atomic E-state index is 12.0. The van der Waals surface area contributed by atoms with Gasteiger partial charge >= 0.3 is 0 Å². The van der Waals surface area contributed by atoms with Gasteiger partial charge in [0.15, 0.2) is 0 Å².